The summed E-state index contributed by atoms with van der Waals surface area (Å²) in [6.07, 6.45) is 2.48. The second kappa shape index (κ2) is 5.50. The third-order valence-corrected chi connectivity index (χ3v) is 4.00. The van der Waals surface area contributed by atoms with Crippen LogP contribution in [0.5, 0.6) is 0 Å². The maximum atomic E-state index is 13.6. The lowest BCUT2D eigenvalue weighted by molar-refractivity contribution is 0.498. The predicted molar refractivity (Wildman–Crippen MR) is 85.6 cm³/mol. The summed E-state index contributed by atoms with van der Waals surface area (Å²) >= 11 is 0. The van der Waals surface area contributed by atoms with Gasteiger partial charge >= 0.3 is 0 Å². The van der Waals surface area contributed by atoms with Crippen LogP contribution in [0, 0.1) is 12.7 Å². The van der Waals surface area contributed by atoms with Crippen molar-refractivity contribution >= 4 is 5.69 Å². The number of benzene rings is 1. The Morgan fingerprint density at radius 2 is 2.13 bits per heavy atom. The lowest BCUT2D eigenvalue weighted by atomic mass is 10.1. The van der Waals surface area contributed by atoms with Crippen LogP contribution in [0.2, 0.25) is 0 Å². The first-order chi connectivity index (χ1) is 11.2. The van der Waals surface area contributed by atoms with Gasteiger partial charge in [-0.1, -0.05) is 6.07 Å². The summed E-state index contributed by atoms with van der Waals surface area (Å²) in [5.74, 6) is 1.24. The second-order valence-corrected chi connectivity index (χ2v) is 5.76. The van der Waals surface area contributed by atoms with Gasteiger partial charge in [0.15, 0.2) is 0 Å². The van der Waals surface area contributed by atoms with Crippen LogP contribution >= 0.6 is 0 Å². The largest absolute Gasteiger partial charge is 0.439 e. The molecule has 0 amide bonds. The van der Waals surface area contributed by atoms with Gasteiger partial charge in [0.05, 0.1) is 6.54 Å². The van der Waals surface area contributed by atoms with Gasteiger partial charge in [-0.2, -0.15) is 0 Å². The van der Waals surface area contributed by atoms with Gasteiger partial charge in [-0.25, -0.2) is 9.37 Å². The Hall–Kier alpha value is -2.69. The van der Waals surface area contributed by atoms with Crippen LogP contribution in [0.4, 0.5) is 10.1 Å². The number of aromatic nitrogens is 2. The van der Waals surface area contributed by atoms with Gasteiger partial charge in [-0.05, 0) is 42.8 Å². The number of anilines is 1. The van der Waals surface area contributed by atoms with Gasteiger partial charge in [0.2, 0.25) is 5.89 Å². The van der Waals surface area contributed by atoms with E-state index in [0.29, 0.717) is 12.4 Å². The molecule has 1 aliphatic heterocycles. The van der Waals surface area contributed by atoms with Gasteiger partial charge in [0, 0.05) is 24.8 Å². The highest BCUT2D eigenvalue weighted by atomic mass is 19.1. The van der Waals surface area contributed by atoms with E-state index < -0.39 is 0 Å². The summed E-state index contributed by atoms with van der Waals surface area (Å²) in [5, 5.41) is 0. The zero-order valence-corrected chi connectivity index (χ0v) is 12.8. The molecule has 0 unspecified atom stereocenters. The van der Waals surface area contributed by atoms with Gasteiger partial charge in [-0.3, -0.25) is 4.98 Å². The van der Waals surface area contributed by atoms with Gasteiger partial charge in [0.25, 0.3) is 0 Å². The third kappa shape index (κ3) is 2.70. The lowest BCUT2D eigenvalue weighted by Gasteiger charge is -2.27. The zero-order chi connectivity index (χ0) is 15.8. The highest BCUT2D eigenvalue weighted by molar-refractivity contribution is 5.52. The number of nitrogens with zero attached hydrogens (tertiary/aromatic N) is 3. The van der Waals surface area contributed by atoms with E-state index in [0.717, 1.165) is 41.4 Å². The molecule has 0 N–H and O–H groups in total. The van der Waals surface area contributed by atoms with Gasteiger partial charge in [-0.15, -0.1) is 0 Å². The molecule has 0 saturated carbocycles. The summed E-state index contributed by atoms with van der Waals surface area (Å²) in [4.78, 5) is 11.0. The molecular weight excluding hydrogens is 293 g/mol. The smallest absolute Gasteiger partial charge is 0.245 e. The van der Waals surface area contributed by atoms with E-state index in [2.05, 4.69) is 14.9 Å². The fraction of sp³-hybridized carbons (Fsp3) is 0.222. The molecule has 3 aromatic rings. The standard InChI is InChI=1S/C18H16FN3O/c1-12-8-13(19)10-14(9-12)22-7-5-17-16(11-22)21-18(23-17)15-4-2-3-6-20-15/h2-4,6,8-10H,5,7,11H2,1H3. The highest BCUT2D eigenvalue weighted by Gasteiger charge is 2.23. The first-order valence-electron chi connectivity index (χ1n) is 7.61. The van der Waals surface area contributed by atoms with Crippen LogP contribution in [0.25, 0.3) is 11.6 Å². The van der Waals surface area contributed by atoms with E-state index in [-0.39, 0.29) is 5.82 Å². The molecule has 1 aromatic carbocycles. The molecule has 5 heteroatoms. The van der Waals surface area contributed by atoms with Gasteiger partial charge in [0.1, 0.15) is 23.0 Å². The number of hydrogen-bond acceptors (Lipinski definition) is 4. The number of halogens is 1. The van der Waals surface area contributed by atoms with E-state index in [1.807, 2.05) is 31.2 Å². The molecule has 3 heterocycles. The number of hydrogen-bond donors (Lipinski definition) is 0. The molecule has 116 valence electrons. The molecule has 2 aromatic heterocycles. The maximum absolute atomic E-state index is 13.6. The molecule has 0 radical (unpaired) electrons. The van der Waals surface area contributed by atoms with E-state index in [1.165, 1.54) is 6.07 Å². The van der Waals surface area contributed by atoms with Crippen molar-refractivity contribution in [2.45, 2.75) is 19.9 Å². The highest BCUT2D eigenvalue weighted by Crippen LogP contribution is 2.28. The number of fused-ring (bicyclic) bond motifs is 1. The third-order valence-electron chi connectivity index (χ3n) is 4.00. The first kappa shape index (κ1) is 13.9. The molecule has 1 aliphatic rings. The number of pyridine rings is 1. The Bertz CT molecular complexity index is 824. The Balaban J connectivity index is 1.63. The normalized spacial score (nSPS) is 13.9. The van der Waals surface area contributed by atoms with Crippen LogP contribution in [-0.2, 0) is 13.0 Å². The van der Waals surface area contributed by atoms with Crippen LogP contribution in [-0.4, -0.2) is 16.5 Å². The molecule has 0 bridgehead atoms. The van der Waals surface area contributed by atoms with E-state index in [9.17, 15) is 4.39 Å². The van der Waals surface area contributed by atoms with Crippen LogP contribution < -0.4 is 4.90 Å². The molecule has 0 fully saturated rings. The van der Waals surface area contributed by atoms with Crippen molar-refractivity contribution in [2.75, 3.05) is 11.4 Å². The van der Waals surface area contributed by atoms with Crippen molar-refractivity contribution in [1.29, 1.82) is 0 Å². The SMILES string of the molecule is Cc1cc(F)cc(N2CCc3oc(-c4ccccn4)nc3C2)c1. The van der Waals surface area contributed by atoms with Crippen LogP contribution in [0.1, 0.15) is 17.0 Å². The fourth-order valence-corrected chi connectivity index (χ4v) is 2.92. The molecule has 0 spiro atoms. The molecule has 0 aliphatic carbocycles. The van der Waals surface area contributed by atoms with Crippen LogP contribution in [0.3, 0.4) is 0 Å². The summed E-state index contributed by atoms with van der Waals surface area (Å²) in [6, 6.07) is 10.7. The average molecular weight is 309 g/mol. The molecule has 4 nitrogen and oxygen atoms in total. The van der Waals surface area contributed by atoms with E-state index >= 15 is 0 Å². The maximum Gasteiger partial charge on any atom is 0.245 e. The quantitative estimate of drug-likeness (QED) is 0.723. The summed E-state index contributed by atoms with van der Waals surface area (Å²) in [6.45, 7) is 3.30. The topological polar surface area (TPSA) is 42.2 Å². The van der Waals surface area contributed by atoms with E-state index in [1.54, 1.807) is 12.3 Å². The summed E-state index contributed by atoms with van der Waals surface area (Å²) in [7, 11) is 0. The number of oxazole rings is 1. The molecule has 0 saturated heterocycles. The Morgan fingerprint density at radius 1 is 1.22 bits per heavy atom. The molecule has 0 atom stereocenters. The Morgan fingerprint density at radius 3 is 2.91 bits per heavy atom. The number of aryl methyl sites for hydroxylation is 1. The minimum atomic E-state index is -0.208. The van der Waals surface area contributed by atoms with Crippen molar-refractivity contribution in [2.24, 2.45) is 0 Å². The van der Waals surface area contributed by atoms with Crippen molar-refractivity contribution in [1.82, 2.24) is 9.97 Å². The Kier molecular flexibility index (Phi) is 3.33. The lowest BCUT2D eigenvalue weighted by Crippen LogP contribution is -2.30. The fourth-order valence-electron chi connectivity index (χ4n) is 2.92. The molecular formula is C18H16FN3O. The second-order valence-electron chi connectivity index (χ2n) is 5.76. The molecule has 4 rings (SSSR count). The first-order valence-corrected chi connectivity index (χ1v) is 7.61. The minimum absolute atomic E-state index is 0.208. The minimum Gasteiger partial charge on any atom is -0.439 e. The monoisotopic (exact) mass is 309 g/mol. The van der Waals surface area contributed by atoms with E-state index in [4.69, 9.17) is 4.42 Å². The summed E-state index contributed by atoms with van der Waals surface area (Å²) in [5.41, 5.74) is 3.43. The van der Waals surface area contributed by atoms with Crippen molar-refractivity contribution < 1.29 is 8.81 Å². The predicted octanol–water partition coefficient (Wildman–Crippen LogP) is 3.75. The molecule has 23 heavy (non-hydrogen) atoms. The van der Waals surface area contributed by atoms with Crippen molar-refractivity contribution in [3.05, 3.63) is 65.4 Å². The van der Waals surface area contributed by atoms with Crippen molar-refractivity contribution in [3.63, 3.8) is 0 Å². The Labute approximate surface area is 133 Å². The average Bonchev–Trinajstić information content (AvgIpc) is 2.98. The zero-order valence-electron chi connectivity index (χ0n) is 12.8. The van der Waals surface area contributed by atoms with Gasteiger partial charge < -0.3 is 9.32 Å². The summed E-state index contributed by atoms with van der Waals surface area (Å²) < 4.78 is 19.5. The number of rotatable bonds is 2. The van der Waals surface area contributed by atoms with Crippen molar-refractivity contribution in [3.8, 4) is 11.6 Å². The van der Waals surface area contributed by atoms with Crippen LogP contribution in [0.15, 0.2) is 47.0 Å².